The summed E-state index contributed by atoms with van der Waals surface area (Å²) >= 11 is 3.20. The van der Waals surface area contributed by atoms with Crippen molar-refractivity contribution in [2.75, 3.05) is 19.0 Å². The van der Waals surface area contributed by atoms with Gasteiger partial charge in [-0.25, -0.2) is 4.98 Å². The first-order valence-corrected chi connectivity index (χ1v) is 5.84. The van der Waals surface area contributed by atoms with Crippen molar-refractivity contribution in [2.45, 2.75) is 19.9 Å². The van der Waals surface area contributed by atoms with Crippen molar-refractivity contribution in [1.29, 1.82) is 0 Å². The Morgan fingerprint density at radius 2 is 2.31 bits per heavy atom. The van der Waals surface area contributed by atoms with Crippen molar-refractivity contribution in [1.82, 2.24) is 9.97 Å². The predicted molar refractivity (Wildman–Crippen MR) is 66.7 cm³/mol. The van der Waals surface area contributed by atoms with E-state index in [1.807, 2.05) is 0 Å². The van der Waals surface area contributed by atoms with E-state index in [0.717, 1.165) is 0 Å². The summed E-state index contributed by atoms with van der Waals surface area (Å²) in [4.78, 5) is 17.9. The average molecular weight is 290 g/mol. The molecule has 0 saturated carbocycles. The molecule has 0 aliphatic heterocycles. The first-order chi connectivity index (χ1) is 7.56. The smallest absolute Gasteiger partial charge is 0.267 e. The van der Waals surface area contributed by atoms with Gasteiger partial charge in [0.25, 0.3) is 5.56 Å². The van der Waals surface area contributed by atoms with Crippen LogP contribution >= 0.6 is 15.9 Å². The van der Waals surface area contributed by atoms with Gasteiger partial charge in [0.15, 0.2) is 0 Å². The van der Waals surface area contributed by atoms with E-state index in [-0.39, 0.29) is 11.6 Å². The topological polar surface area (TPSA) is 67.0 Å². The lowest BCUT2D eigenvalue weighted by Gasteiger charge is -2.22. The van der Waals surface area contributed by atoms with Gasteiger partial charge < -0.3 is 15.0 Å². The highest BCUT2D eigenvalue weighted by molar-refractivity contribution is 9.10. The van der Waals surface area contributed by atoms with E-state index in [0.29, 0.717) is 22.8 Å². The second-order valence-electron chi connectivity index (χ2n) is 3.84. The number of aromatic nitrogens is 2. The maximum atomic E-state index is 11.3. The van der Waals surface area contributed by atoms with Crippen LogP contribution in [0.25, 0.3) is 0 Å². The first kappa shape index (κ1) is 13.2. The number of aromatic amines is 1. The van der Waals surface area contributed by atoms with Crippen LogP contribution in [0.15, 0.2) is 15.6 Å². The largest absolute Gasteiger partial charge is 0.383 e. The first-order valence-electron chi connectivity index (χ1n) is 5.05. The lowest BCUT2D eigenvalue weighted by molar-refractivity contribution is 0.171. The van der Waals surface area contributed by atoms with E-state index >= 15 is 0 Å². The van der Waals surface area contributed by atoms with E-state index in [1.54, 1.807) is 7.11 Å². The fourth-order valence-electron chi connectivity index (χ4n) is 1.24. The van der Waals surface area contributed by atoms with Gasteiger partial charge in [0, 0.05) is 7.11 Å². The number of anilines is 1. The number of halogens is 1. The molecule has 1 aromatic rings. The minimum Gasteiger partial charge on any atom is -0.383 e. The molecule has 6 heteroatoms. The van der Waals surface area contributed by atoms with Crippen molar-refractivity contribution >= 4 is 21.7 Å². The maximum absolute atomic E-state index is 11.3. The van der Waals surface area contributed by atoms with E-state index in [1.165, 1.54) is 6.33 Å². The Bertz CT molecular complexity index is 392. The molecule has 0 spiro atoms. The zero-order valence-electron chi connectivity index (χ0n) is 9.58. The van der Waals surface area contributed by atoms with Crippen LogP contribution in [0.1, 0.15) is 13.8 Å². The molecular weight excluding hydrogens is 274 g/mol. The molecular formula is C10H16BrN3O2. The highest BCUT2D eigenvalue weighted by Gasteiger charge is 2.15. The molecule has 1 unspecified atom stereocenters. The number of nitrogens with one attached hydrogen (secondary N) is 2. The van der Waals surface area contributed by atoms with Crippen molar-refractivity contribution in [3.05, 3.63) is 21.2 Å². The van der Waals surface area contributed by atoms with Crippen molar-refractivity contribution in [2.24, 2.45) is 5.92 Å². The fourth-order valence-corrected chi connectivity index (χ4v) is 1.57. The molecule has 0 radical (unpaired) electrons. The number of nitrogens with zero attached hydrogens (tertiary/aromatic N) is 1. The molecule has 0 fully saturated rings. The second kappa shape index (κ2) is 6.00. The summed E-state index contributed by atoms with van der Waals surface area (Å²) < 4.78 is 5.53. The van der Waals surface area contributed by atoms with Crippen LogP contribution in [0, 0.1) is 5.92 Å². The Balaban J connectivity index is 2.85. The highest BCUT2D eigenvalue weighted by Crippen LogP contribution is 2.16. The Kier molecular flexibility index (Phi) is 4.95. The molecule has 0 bridgehead atoms. The normalized spacial score (nSPS) is 12.8. The molecule has 5 nitrogen and oxygen atoms in total. The highest BCUT2D eigenvalue weighted by atomic mass is 79.9. The quantitative estimate of drug-likeness (QED) is 0.864. The predicted octanol–water partition coefficient (Wildman–Crippen LogP) is 1.62. The third kappa shape index (κ3) is 3.31. The fraction of sp³-hybridized carbons (Fsp3) is 0.600. The molecule has 0 aliphatic rings. The van der Waals surface area contributed by atoms with E-state index in [4.69, 9.17) is 4.74 Å². The zero-order chi connectivity index (χ0) is 12.1. The molecule has 0 aliphatic carbocycles. The summed E-state index contributed by atoms with van der Waals surface area (Å²) in [6.07, 6.45) is 1.37. The van der Waals surface area contributed by atoms with Crippen LogP contribution in [0.2, 0.25) is 0 Å². The number of rotatable bonds is 5. The summed E-state index contributed by atoms with van der Waals surface area (Å²) in [6.45, 7) is 4.73. The number of hydrogen-bond donors (Lipinski definition) is 2. The SMILES string of the molecule is COCC(Nc1nc[nH]c(=O)c1Br)C(C)C. The van der Waals surface area contributed by atoms with Gasteiger partial charge in [-0.1, -0.05) is 13.8 Å². The van der Waals surface area contributed by atoms with Crippen LogP contribution in [-0.2, 0) is 4.74 Å². The maximum Gasteiger partial charge on any atom is 0.267 e. The number of hydrogen-bond acceptors (Lipinski definition) is 4. The second-order valence-corrected chi connectivity index (χ2v) is 4.64. The van der Waals surface area contributed by atoms with Crippen LogP contribution in [0.5, 0.6) is 0 Å². The minimum atomic E-state index is -0.197. The van der Waals surface area contributed by atoms with Gasteiger partial charge in [-0.15, -0.1) is 0 Å². The average Bonchev–Trinajstić information content (AvgIpc) is 2.23. The van der Waals surface area contributed by atoms with Crippen LogP contribution < -0.4 is 10.9 Å². The third-order valence-corrected chi connectivity index (χ3v) is 3.01. The summed E-state index contributed by atoms with van der Waals surface area (Å²) in [5.41, 5.74) is -0.197. The van der Waals surface area contributed by atoms with Gasteiger partial charge in [0.1, 0.15) is 10.3 Å². The summed E-state index contributed by atoms with van der Waals surface area (Å²) in [5.74, 6) is 0.924. The Morgan fingerprint density at radius 3 is 2.88 bits per heavy atom. The molecule has 90 valence electrons. The molecule has 2 N–H and O–H groups in total. The summed E-state index contributed by atoms with van der Waals surface area (Å²) in [6, 6.07) is 0.121. The minimum absolute atomic E-state index is 0.121. The lowest BCUT2D eigenvalue weighted by Crippen LogP contribution is -2.31. The summed E-state index contributed by atoms with van der Waals surface area (Å²) in [5, 5.41) is 3.19. The Morgan fingerprint density at radius 1 is 1.62 bits per heavy atom. The van der Waals surface area contributed by atoms with Gasteiger partial charge in [-0.05, 0) is 21.8 Å². The van der Waals surface area contributed by atoms with Crippen molar-refractivity contribution < 1.29 is 4.74 Å². The molecule has 0 saturated heterocycles. The van der Waals surface area contributed by atoms with Crippen LogP contribution in [0.3, 0.4) is 0 Å². The molecule has 0 aromatic carbocycles. The molecule has 1 rings (SSSR count). The molecule has 0 amide bonds. The Labute approximate surface area is 103 Å². The number of H-pyrrole nitrogens is 1. The molecule has 16 heavy (non-hydrogen) atoms. The van der Waals surface area contributed by atoms with Gasteiger partial charge >= 0.3 is 0 Å². The standard InChI is InChI=1S/C10H16BrN3O2/c1-6(2)7(4-16-3)14-9-8(11)10(15)13-5-12-9/h5-7H,4H2,1-3H3,(H2,12,13,14,15). The molecule has 1 aromatic heterocycles. The Hall–Kier alpha value is -0.880. The van der Waals surface area contributed by atoms with Crippen LogP contribution in [0.4, 0.5) is 5.82 Å². The number of methoxy groups -OCH3 is 1. The molecule has 1 heterocycles. The van der Waals surface area contributed by atoms with E-state index in [2.05, 4.69) is 45.1 Å². The molecule has 1 atom stereocenters. The van der Waals surface area contributed by atoms with Gasteiger partial charge in [-0.2, -0.15) is 0 Å². The van der Waals surface area contributed by atoms with Crippen LogP contribution in [-0.4, -0.2) is 29.7 Å². The third-order valence-electron chi connectivity index (χ3n) is 2.27. The lowest BCUT2D eigenvalue weighted by atomic mass is 10.1. The van der Waals surface area contributed by atoms with Gasteiger partial charge in [-0.3, -0.25) is 4.79 Å². The van der Waals surface area contributed by atoms with E-state index in [9.17, 15) is 4.79 Å². The monoisotopic (exact) mass is 289 g/mol. The summed E-state index contributed by atoms with van der Waals surface area (Å²) in [7, 11) is 1.65. The van der Waals surface area contributed by atoms with E-state index < -0.39 is 0 Å². The van der Waals surface area contributed by atoms with Crippen molar-refractivity contribution in [3.63, 3.8) is 0 Å². The number of ether oxygens (including phenoxy) is 1. The van der Waals surface area contributed by atoms with Crippen molar-refractivity contribution in [3.8, 4) is 0 Å². The zero-order valence-corrected chi connectivity index (χ0v) is 11.2. The van der Waals surface area contributed by atoms with Gasteiger partial charge in [0.2, 0.25) is 0 Å². The van der Waals surface area contributed by atoms with Gasteiger partial charge in [0.05, 0.1) is 19.0 Å².